The van der Waals surface area contributed by atoms with E-state index in [1.54, 1.807) is 64.0 Å². The second kappa shape index (κ2) is 45.3. The maximum Gasteiger partial charge on any atom is 0.316 e. The van der Waals surface area contributed by atoms with E-state index in [0.29, 0.717) is 83.6 Å². The van der Waals surface area contributed by atoms with Crippen LogP contribution >= 0.6 is 0 Å². The number of carbonyl (C=O) groups excluding carboxylic acids is 5. The van der Waals surface area contributed by atoms with Gasteiger partial charge in [0.15, 0.2) is 19.8 Å². The summed E-state index contributed by atoms with van der Waals surface area (Å²) < 4.78 is 43.5. The van der Waals surface area contributed by atoms with Crippen LogP contribution in [0.2, 0.25) is 0 Å². The van der Waals surface area contributed by atoms with E-state index in [2.05, 4.69) is 98.2 Å². The average Bonchev–Trinajstić information content (AvgIpc) is 1.70. The first-order valence-corrected chi connectivity index (χ1v) is 48.2. The number of fused-ring (bicyclic) bond motifs is 6. The molecule has 6 aliphatic rings. The third kappa shape index (κ3) is 23.5. The quantitative estimate of drug-likeness (QED) is 0.0438. The Bertz CT molecular complexity index is 6800. The summed E-state index contributed by atoms with van der Waals surface area (Å²) in [7, 11) is -3.36. The third-order valence-corrected chi connectivity index (χ3v) is 26.8. The highest BCUT2D eigenvalue weighted by Gasteiger charge is 2.34. The summed E-state index contributed by atoms with van der Waals surface area (Å²) in [6.45, 7) is 8.65. The van der Waals surface area contributed by atoms with Crippen molar-refractivity contribution >= 4 is 39.6 Å². The molecule has 6 aliphatic heterocycles. The lowest BCUT2D eigenvalue weighted by Crippen LogP contribution is -2.38. The van der Waals surface area contributed by atoms with Gasteiger partial charge in [-0.3, -0.25) is 54.6 Å². The number of amides is 5. The minimum atomic E-state index is -3.36. The van der Waals surface area contributed by atoms with Gasteiger partial charge in [-0.2, -0.15) is 34.9 Å². The van der Waals surface area contributed by atoms with Crippen LogP contribution in [0.1, 0.15) is 90.4 Å². The number of H-pyrrole nitrogens is 6. The maximum absolute atomic E-state index is 12.8. The van der Waals surface area contributed by atoms with Crippen LogP contribution in [-0.4, -0.2) is 212 Å². The Morgan fingerprint density at radius 2 is 0.610 bits per heavy atom. The summed E-state index contributed by atoms with van der Waals surface area (Å²) in [5.41, 5.74) is 26.5. The molecular weight excluding hydrogens is 1800 g/mol. The molecule has 0 atom stereocenters. The number of rotatable bonds is 19. The van der Waals surface area contributed by atoms with Crippen LogP contribution in [0.3, 0.4) is 0 Å². The molecule has 0 bridgehead atoms. The first-order valence-electron chi connectivity index (χ1n) is 46.6. The molecule has 9 aromatic heterocycles. The Morgan fingerprint density at radius 1 is 0.305 bits per heavy atom. The normalized spacial score (nSPS) is 13.8. The molecule has 0 unspecified atom stereocenters. The summed E-state index contributed by atoms with van der Waals surface area (Å²) >= 11 is 0. The van der Waals surface area contributed by atoms with Gasteiger partial charge in [0.1, 0.15) is 6.33 Å². The van der Waals surface area contributed by atoms with Crippen LogP contribution in [0.25, 0.3) is 67.5 Å². The Hall–Kier alpha value is -17.0. The second-order valence-electron chi connectivity index (χ2n) is 34.0. The van der Waals surface area contributed by atoms with Crippen molar-refractivity contribution in [2.45, 2.75) is 90.5 Å². The predicted octanol–water partition coefficient (Wildman–Crippen LogP) is 14.3. The number of benzene rings is 8. The molecule has 15 heterocycles. The average molecular weight is 1900 g/mol. The molecular formula is C107H103N23O10S. The standard InChI is InChI=1S/C19H18N4O2.C19H19N3O2S.C19H17N3O.2C18H17N5O2.C14H15N3O/c24-18(13-25-17-8-4-5-10-20-17)23-11-9-16-15(12-23)19(22-21-16)14-6-2-1-3-7-14;23-25(24,14-15-7-3-1-4-8-15)22-12-11-18-17(13-22)19(21-20-18)16-9-5-2-6-10-16;23-19(15-9-5-2-6-10-15)22-12-11-17-16(13-22)18(21-20-17)14-7-3-1-4-8-14;24-16(12-25-18-19-8-4-9-20-18)23-10-7-15-14(11-23)17(22-21-15)13-5-2-1-3-6-13;24-17(11-25-16-6-8-19-12-20-16)23-9-7-15-14(10-23)18(22-21-15)13-4-2-1-3-5-13;1-10(18)17-8-7-13-12(9-17)14(16-15-13)11-5-3-2-4-6-11/h1-8,10H,9,11-13H2,(H,21,22);1-10H,11-14H2,(H,20,21);1-10H,11-13H2,(H,20,21);1-6,8-9H,7,10-12H2,(H,21,22);1-6,8,12H,7,9-11H2,(H,21,22);2-6H,7-9H2,1H3,(H,15,16). The fraction of sp³-hybridized carbons (Fsp3) is 0.215. The molecule has 8 aromatic carbocycles. The molecule has 5 amide bonds. The smallest absolute Gasteiger partial charge is 0.316 e. The number of hydrogen-bond acceptors (Lipinski definition) is 21. The summed E-state index contributed by atoms with van der Waals surface area (Å²) in [4.78, 5) is 90.5. The van der Waals surface area contributed by atoms with Gasteiger partial charge in [-0.25, -0.2) is 33.3 Å². The van der Waals surface area contributed by atoms with Crippen molar-refractivity contribution < 1.29 is 46.6 Å². The minimum Gasteiger partial charge on any atom is -0.468 e. The lowest BCUT2D eigenvalue weighted by atomic mass is 10.0. The first-order chi connectivity index (χ1) is 69.1. The fourth-order valence-electron chi connectivity index (χ4n) is 17.5. The van der Waals surface area contributed by atoms with Crippen LogP contribution in [0.15, 0.2) is 304 Å². The van der Waals surface area contributed by atoms with E-state index < -0.39 is 10.0 Å². The number of carbonyl (C=O) groups is 5. The van der Waals surface area contributed by atoms with Crippen molar-refractivity contribution in [3.63, 3.8) is 0 Å². The first kappa shape index (κ1) is 94.4. The van der Waals surface area contributed by atoms with E-state index in [-0.39, 0.29) is 61.1 Å². The highest BCUT2D eigenvalue weighted by atomic mass is 32.2. The van der Waals surface area contributed by atoms with Gasteiger partial charge in [0.25, 0.3) is 23.6 Å². The second-order valence-corrected chi connectivity index (χ2v) is 36.0. The van der Waals surface area contributed by atoms with Gasteiger partial charge < -0.3 is 38.7 Å². The van der Waals surface area contributed by atoms with Gasteiger partial charge in [0, 0.05) is 267 Å². The van der Waals surface area contributed by atoms with Crippen LogP contribution in [-0.2, 0) is 113 Å². The molecule has 33 nitrogen and oxygen atoms in total. The molecule has 0 saturated carbocycles. The van der Waals surface area contributed by atoms with Crippen molar-refractivity contribution in [2.24, 2.45) is 0 Å². The van der Waals surface area contributed by atoms with Crippen molar-refractivity contribution in [1.29, 1.82) is 0 Å². The number of sulfonamides is 1. The Balaban J connectivity index is 0.000000112. The summed E-state index contributed by atoms with van der Waals surface area (Å²) in [5.74, 6) is 0.898. The van der Waals surface area contributed by atoms with Crippen LogP contribution in [0, 0.1) is 0 Å². The van der Waals surface area contributed by atoms with E-state index in [0.717, 1.165) is 191 Å². The minimum absolute atomic E-state index is 0.00906. The Morgan fingerprint density at radius 3 is 0.965 bits per heavy atom. The number of hydrogen-bond donors (Lipinski definition) is 6. The molecule has 23 rings (SSSR count). The van der Waals surface area contributed by atoms with Gasteiger partial charge in [-0.05, 0) is 29.8 Å². The fourth-order valence-corrected chi connectivity index (χ4v) is 19.0. The predicted molar refractivity (Wildman–Crippen MR) is 529 cm³/mol. The molecule has 6 N–H and O–H groups in total. The van der Waals surface area contributed by atoms with E-state index in [9.17, 15) is 32.4 Å². The lowest BCUT2D eigenvalue weighted by Gasteiger charge is -2.27. The molecule has 712 valence electrons. The Kier molecular flexibility index (Phi) is 30.3. The molecule has 0 aliphatic carbocycles. The monoisotopic (exact) mass is 1900 g/mol. The van der Waals surface area contributed by atoms with Crippen LogP contribution < -0.4 is 14.2 Å². The van der Waals surface area contributed by atoms with E-state index >= 15 is 0 Å². The lowest BCUT2D eigenvalue weighted by molar-refractivity contribution is -0.135. The molecule has 0 fully saturated rings. The zero-order chi connectivity index (χ0) is 96.6. The molecule has 141 heavy (non-hydrogen) atoms. The molecule has 34 heteroatoms. The summed E-state index contributed by atoms with van der Waals surface area (Å²) in [6, 6.07) is 87.7. The van der Waals surface area contributed by atoms with E-state index in [1.165, 1.54) is 6.33 Å². The van der Waals surface area contributed by atoms with Gasteiger partial charge in [-0.1, -0.05) is 237 Å². The highest BCUT2D eigenvalue weighted by molar-refractivity contribution is 7.88. The van der Waals surface area contributed by atoms with Gasteiger partial charge in [0.05, 0.1) is 39.9 Å². The van der Waals surface area contributed by atoms with Gasteiger partial charge in [-0.15, -0.1) is 0 Å². The van der Waals surface area contributed by atoms with Gasteiger partial charge in [0.2, 0.25) is 27.7 Å². The number of nitrogens with one attached hydrogen (secondary N) is 6. The van der Waals surface area contributed by atoms with E-state index in [4.69, 9.17) is 14.2 Å². The number of aromatic nitrogens is 17. The highest BCUT2D eigenvalue weighted by Crippen LogP contribution is 2.36. The summed E-state index contributed by atoms with van der Waals surface area (Å²) in [5, 5.41) is 45.3. The number of aromatic amines is 6. The van der Waals surface area contributed by atoms with E-state index in [1.807, 2.05) is 257 Å². The number of pyridine rings is 1. The molecule has 0 spiro atoms. The van der Waals surface area contributed by atoms with Crippen molar-refractivity contribution in [3.05, 3.63) is 383 Å². The van der Waals surface area contributed by atoms with Crippen LogP contribution in [0.5, 0.6) is 17.8 Å². The zero-order valence-electron chi connectivity index (χ0n) is 77.5. The summed E-state index contributed by atoms with van der Waals surface area (Å²) in [6.07, 6.45) is 12.4. The molecule has 0 radical (unpaired) electrons. The molecule has 17 aromatic rings. The Labute approximate surface area is 814 Å². The topological polar surface area (TPSA) is 403 Å². The SMILES string of the molecule is CC(=O)N1CCc2[nH]nc(-c3ccccc3)c2C1.O=C(COc1ccccn1)N1CCc2[nH]nc(-c3ccccc3)c2C1.O=C(COc1ccncn1)N1CCc2[nH]nc(-c3ccccc3)c2C1.O=C(COc1ncccn1)N1CCc2[nH]nc(-c3ccccc3)c2C1.O=C(c1ccccc1)N1CCc2[nH]nc(-c3ccccc3)c2C1.O=S(=O)(Cc1ccccc1)N1CCc2[nH]nc(-c3ccccc3)c2C1. The zero-order valence-corrected chi connectivity index (χ0v) is 78.3. The van der Waals surface area contributed by atoms with Crippen LogP contribution in [0.4, 0.5) is 0 Å². The number of ether oxygens (including phenoxy) is 3. The van der Waals surface area contributed by atoms with Gasteiger partial charge >= 0.3 is 6.01 Å². The number of nitrogens with zero attached hydrogens (tertiary/aromatic N) is 17. The van der Waals surface area contributed by atoms with Crippen molar-refractivity contribution in [1.82, 2.24) is 115 Å². The van der Waals surface area contributed by atoms with Crippen molar-refractivity contribution in [3.8, 4) is 85.3 Å². The van der Waals surface area contributed by atoms with Crippen molar-refractivity contribution in [2.75, 3.05) is 59.1 Å². The third-order valence-electron chi connectivity index (χ3n) is 25.0. The maximum atomic E-state index is 12.8. The molecule has 0 saturated heterocycles. The largest absolute Gasteiger partial charge is 0.468 e.